The second-order valence-electron chi connectivity index (χ2n) is 3.61. The standard InChI is InChI=1S/C8H22O5Si2/c1-8(14(6,7-9)10-2)15(11-3,12-4)13-5/h8-9H,7H2,1-6H3. The molecule has 5 nitrogen and oxygen atoms in total. The summed E-state index contributed by atoms with van der Waals surface area (Å²) < 4.78 is 21.6. The van der Waals surface area contributed by atoms with Crippen molar-refractivity contribution in [2.45, 2.75) is 18.6 Å². The third-order valence-electron chi connectivity index (χ3n) is 3.08. The van der Waals surface area contributed by atoms with Gasteiger partial charge in [0.1, 0.15) is 0 Å². The molecule has 0 amide bonds. The van der Waals surface area contributed by atoms with Crippen LogP contribution in [0.2, 0.25) is 11.7 Å². The largest absolute Gasteiger partial charge is 0.502 e. The Labute approximate surface area is 93.8 Å². The molecular formula is C8H22O5Si2. The monoisotopic (exact) mass is 254 g/mol. The first kappa shape index (κ1) is 15.2. The minimum absolute atomic E-state index is 0.0233. The van der Waals surface area contributed by atoms with E-state index in [1.807, 2.05) is 13.5 Å². The van der Waals surface area contributed by atoms with E-state index in [0.717, 1.165) is 0 Å². The zero-order valence-corrected chi connectivity index (χ0v) is 12.4. The fourth-order valence-electron chi connectivity index (χ4n) is 1.53. The fourth-order valence-corrected chi connectivity index (χ4v) is 8.53. The second-order valence-corrected chi connectivity index (χ2v) is 11.7. The molecular weight excluding hydrogens is 232 g/mol. The lowest BCUT2D eigenvalue weighted by Gasteiger charge is -2.38. The van der Waals surface area contributed by atoms with Crippen molar-refractivity contribution in [2.24, 2.45) is 0 Å². The van der Waals surface area contributed by atoms with Gasteiger partial charge in [-0.05, 0) is 6.55 Å². The van der Waals surface area contributed by atoms with E-state index in [1.54, 1.807) is 28.4 Å². The molecule has 0 aliphatic carbocycles. The van der Waals surface area contributed by atoms with E-state index >= 15 is 0 Å². The van der Waals surface area contributed by atoms with Gasteiger partial charge in [-0.2, -0.15) is 0 Å². The quantitative estimate of drug-likeness (QED) is 0.672. The van der Waals surface area contributed by atoms with Gasteiger partial charge in [0.25, 0.3) is 0 Å². The van der Waals surface area contributed by atoms with Crippen LogP contribution in [0.5, 0.6) is 0 Å². The second kappa shape index (κ2) is 6.09. The van der Waals surface area contributed by atoms with Crippen LogP contribution in [-0.4, -0.2) is 56.9 Å². The molecule has 0 bridgehead atoms. The Morgan fingerprint density at radius 2 is 1.40 bits per heavy atom. The molecule has 0 heterocycles. The van der Waals surface area contributed by atoms with Gasteiger partial charge in [-0.1, -0.05) is 6.92 Å². The lowest BCUT2D eigenvalue weighted by molar-refractivity contribution is 0.117. The lowest BCUT2D eigenvalue weighted by Crippen LogP contribution is -2.59. The zero-order chi connectivity index (χ0) is 12.1. The van der Waals surface area contributed by atoms with Gasteiger partial charge in [0.05, 0.1) is 6.23 Å². The number of hydrogen-bond acceptors (Lipinski definition) is 5. The summed E-state index contributed by atoms with van der Waals surface area (Å²) >= 11 is 0. The summed E-state index contributed by atoms with van der Waals surface area (Å²) in [4.78, 5) is 0. The van der Waals surface area contributed by atoms with E-state index in [0.29, 0.717) is 0 Å². The molecule has 0 aromatic heterocycles. The zero-order valence-electron chi connectivity index (χ0n) is 10.4. The third kappa shape index (κ3) is 2.87. The van der Waals surface area contributed by atoms with Crippen LogP contribution in [0.1, 0.15) is 6.92 Å². The topological polar surface area (TPSA) is 57.2 Å². The molecule has 1 N–H and O–H groups in total. The first-order valence-electron chi connectivity index (χ1n) is 4.77. The lowest BCUT2D eigenvalue weighted by atomic mass is 10.9. The summed E-state index contributed by atoms with van der Waals surface area (Å²) in [5.41, 5.74) is 0. The highest BCUT2D eigenvalue weighted by Gasteiger charge is 2.55. The molecule has 0 spiro atoms. The summed E-state index contributed by atoms with van der Waals surface area (Å²) in [6.45, 7) is 3.89. The molecule has 2 unspecified atom stereocenters. The minimum Gasteiger partial charge on any atom is -0.418 e. The minimum atomic E-state index is -2.72. The molecule has 2 atom stereocenters. The van der Waals surface area contributed by atoms with Gasteiger partial charge in [0.15, 0.2) is 0 Å². The van der Waals surface area contributed by atoms with Gasteiger partial charge in [-0.15, -0.1) is 0 Å². The number of aliphatic hydroxyl groups excluding tert-OH is 1. The van der Waals surface area contributed by atoms with Gasteiger partial charge in [0.2, 0.25) is 8.32 Å². The van der Waals surface area contributed by atoms with Crippen LogP contribution in [0.25, 0.3) is 0 Å². The van der Waals surface area contributed by atoms with E-state index in [-0.39, 0.29) is 11.4 Å². The number of rotatable bonds is 7. The average Bonchev–Trinajstić information content (AvgIpc) is 2.30. The number of aliphatic hydroxyl groups is 1. The Morgan fingerprint density at radius 1 is 1.00 bits per heavy atom. The van der Waals surface area contributed by atoms with E-state index in [2.05, 4.69) is 0 Å². The van der Waals surface area contributed by atoms with Crippen LogP contribution in [-0.2, 0) is 17.7 Å². The van der Waals surface area contributed by atoms with E-state index < -0.39 is 17.1 Å². The SMILES string of the molecule is CO[Si](C)(CO)C(C)[Si](OC)(OC)OC. The smallest absolute Gasteiger partial charge is 0.418 e. The van der Waals surface area contributed by atoms with Gasteiger partial charge in [-0.3, -0.25) is 0 Å². The summed E-state index contributed by atoms with van der Waals surface area (Å²) in [7, 11) is 1.33. The third-order valence-corrected chi connectivity index (χ3v) is 12.1. The van der Waals surface area contributed by atoms with Crippen LogP contribution < -0.4 is 0 Å². The normalized spacial score (nSPS) is 18.6. The Balaban J connectivity index is 4.98. The Bertz CT molecular complexity index is 174. The maximum Gasteiger partial charge on any atom is 0.502 e. The summed E-state index contributed by atoms with van der Waals surface area (Å²) in [6.07, 6.45) is 0.0233. The molecule has 0 saturated heterocycles. The van der Waals surface area contributed by atoms with Crippen molar-refractivity contribution < 1.29 is 22.8 Å². The van der Waals surface area contributed by atoms with Crippen molar-refractivity contribution in [2.75, 3.05) is 34.7 Å². The molecule has 0 aliphatic rings. The average molecular weight is 254 g/mol. The Morgan fingerprint density at radius 3 is 1.60 bits per heavy atom. The maximum atomic E-state index is 9.40. The van der Waals surface area contributed by atoms with Crippen LogP contribution in [0, 0.1) is 0 Å². The van der Waals surface area contributed by atoms with Crippen molar-refractivity contribution in [1.29, 1.82) is 0 Å². The van der Waals surface area contributed by atoms with Crippen LogP contribution >= 0.6 is 0 Å². The molecule has 0 aromatic rings. The highest BCUT2D eigenvalue weighted by atomic mass is 28.4. The molecule has 0 fully saturated rings. The number of hydrogen-bond donors (Lipinski definition) is 1. The van der Waals surface area contributed by atoms with E-state index in [4.69, 9.17) is 17.7 Å². The first-order valence-corrected chi connectivity index (χ1v) is 9.27. The van der Waals surface area contributed by atoms with Crippen LogP contribution in [0.3, 0.4) is 0 Å². The first-order chi connectivity index (χ1) is 6.96. The van der Waals surface area contributed by atoms with Crippen molar-refractivity contribution in [3.8, 4) is 0 Å². The summed E-state index contributed by atoms with van der Waals surface area (Å²) in [6, 6.07) is 0. The predicted octanol–water partition coefficient (Wildman–Crippen LogP) is 0.547. The van der Waals surface area contributed by atoms with E-state index in [1.165, 1.54) is 0 Å². The summed E-state index contributed by atoms with van der Waals surface area (Å²) in [5, 5.41) is 9.37. The van der Waals surface area contributed by atoms with Crippen LogP contribution in [0.15, 0.2) is 0 Å². The van der Waals surface area contributed by atoms with E-state index in [9.17, 15) is 5.11 Å². The molecule has 15 heavy (non-hydrogen) atoms. The van der Waals surface area contributed by atoms with Crippen molar-refractivity contribution in [1.82, 2.24) is 0 Å². The molecule has 0 radical (unpaired) electrons. The van der Waals surface area contributed by atoms with Crippen molar-refractivity contribution in [3.63, 3.8) is 0 Å². The summed E-state index contributed by atoms with van der Waals surface area (Å²) in [5.74, 6) is 0. The molecule has 7 heteroatoms. The maximum absolute atomic E-state index is 9.40. The highest BCUT2D eigenvalue weighted by molar-refractivity contribution is 6.88. The molecule has 92 valence electrons. The van der Waals surface area contributed by atoms with Gasteiger partial charge in [0, 0.05) is 33.6 Å². The van der Waals surface area contributed by atoms with Gasteiger partial charge < -0.3 is 22.8 Å². The van der Waals surface area contributed by atoms with Crippen molar-refractivity contribution >= 4 is 17.1 Å². The molecule has 0 rings (SSSR count). The molecule has 0 saturated carbocycles. The molecule has 0 aromatic carbocycles. The van der Waals surface area contributed by atoms with Gasteiger partial charge in [-0.25, -0.2) is 0 Å². The van der Waals surface area contributed by atoms with Crippen LogP contribution in [0.4, 0.5) is 0 Å². The fraction of sp³-hybridized carbons (Fsp3) is 1.00. The Hall–Kier alpha value is 0.234. The predicted molar refractivity (Wildman–Crippen MR) is 61.9 cm³/mol. The van der Waals surface area contributed by atoms with Crippen molar-refractivity contribution in [3.05, 3.63) is 0 Å². The molecule has 0 aliphatic heterocycles. The highest BCUT2D eigenvalue weighted by Crippen LogP contribution is 2.32. The Kier molecular flexibility index (Phi) is 6.18. The van der Waals surface area contributed by atoms with Gasteiger partial charge >= 0.3 is 8.80 Å².